The summed E-state index contributed by atoms with van der Waals surface area (Å²) in [5.41, 5.74) is 0.141. The van der Waals surface area contributed by atoms with Gasteiger partial charge < -0.3 is 10.6 Å². The third-order valence-electron chi connectivity index (χ3n) is 4.09. The maximum atomic E-state index is 14.2. The Balaban J connectivity index is 2.14. The molecule has 2 aromatic rings. The van der Waals surface area contributed by atoms with Crippen molar-refractivity contribution < 1.29 is 26.4 Å². The molecule has 1 aromatic heterocycles. The summed E-state index contributed by atoms with van der Waals surface area (Å²) in [6, 6.07) is 4.22. The van der Waals surface area contributed by atoms with Crippen molar-refractivity contribution >= 4 is 33.5 Å². The molecule has 31 heavy (non-hydrogen) atoms. The fraction of sp³-hybridized carbons (Fsp3) is 0.300. The Labute approximate surface area is 178 Å². The summed E-state index contributed by atoms with van der Waals surface area (Å²) >= 11 is 0. The highest BCUT2D eigenvalue weighted by Gasteiger charge is 2.18. The monoisotopic (exact) mass is 456 g/mol. The minimum Gasteiger partial charge on any atom is -0.370 e. The molecule has 7 nitrogen and oxygen atoms in total. The second-order valence-corrected chi connectivity index (χ2v) is 8.45. The van der Waals surface area contributed by atoms with Crippen LogP contribution in [0.4, 0.5) is 24.7 Å². The van der Waals surface area contributed by atoms with Gasteiger partial charge in [-0.25, -0.2) is 26.6 Å². The standard InChI is InChI=1S/C20H23F3N4O3S/c1-4-24-20-13(5-7-15(11-21)26-20)6-8-18(28)25-12(2)14-9-16(22)19(17(23)10-14)27-31(3,29)30/h5-10,12,27H,4,11H2,1-3H3,(H,24,26)(H,25,28)/b8-6+/t12-/m1/s1. The Morgan fingerprint density at radius 3 is 2.42 bits per heavy atom. The number of pyridine rings is 1. The summed E-state index contributed by atoms with van der Waals surface area (Å²) in [7, 11) is -3.86. The van der Waals surface area contributed by atoms with E-state index in [9.17, 15) is 26.4 Å². The average molecular weight is 456 g/mol. The zero-order valence-electron chi connectivity index (χ0n) is 17.2. The van der Waals surface area contributed by atoms with E-state index in [-0.39, 0.29) is 11.3 Å². The summed E-state index contributed by atoms with van der Waals surface area (Å²) in [4.78, 5) is 16.4. The van der Waals surface area contributed by atoms with E-state index in [1.165, 1.54) is 25.1 Å². The second kappa shape index (κ2) is 10.3. The van der Waals surface area contributed by atoms with E-state index in [1.54, 1.807) is 10.8 Å². The second-order valence-electron chi connectivity index (χ2n) is 6.70. The Kier molecular flexibility index (Phi) is 8.03. The number of alkyl halides is 1. The predicted molar refractivity (Wildman–Crippen MR) is 114 cm³/mol. The minimum atomic E-state index is -3.86. The highest BCUT2D eigenvalue weighted by molar-refractivity contribution is 7.92. The Hall–Kier alpha value is -3.08. The van der Waals surface area contributed by atoms with Crippen LogP contribution in [0.3, 0.4) is 0 Å². The number of rotatable bonds is 9. The highest BCUT2D eigenvalue weighted by Crippen LogP contribution is 2.25. The van der Waals surface area contributed by atoms with E-state index in [2.05, 4.69) is 15.6 Å². The molecule has 1 heterocycles. The Morgan fingerprint density at radius 1 is 1.23 bits per heavy atom. The lowest BCUT2D eigenvalue weighted by molar-refractivity contribution is -0.117. The van der Waals surface area contributed by atoms with Gasteiger partial charge in [-0.15, -0.1) is 0 Å². The first kappa shape index (κ1) is 24.2. The highest BCUT2D eigenvalue weighted by atomic mass is 32.2. The van der Waals surface area contributed by atoms with Gasteiger partial charge in [0.25, 0.3) is 0 Å². The van der Waals surface area contributed by atoms with Crippen molar-refractivity contribution in [1.82, 2.24) is 10.3 Å². The molecule has 1 atom stereocenters. The molecule has 0 fully saturated rings. The van der Waals surface area contributed by atoms with Crippen molar-refractivity contribution in [3.63, 3.8) is 0 Å². The van der Waals surface area contributed by atoms with Gasteiger partial charge >= 0.3 is 0 Å². The molecule has 0 spiro atoms. The number of nitrogens with zero attached hydrogens (tertiary/aromatic N) is 1. The van der Waals surface area contributed by atoms with Crippen LogP contribution in [0.25, 0.3) is 6.08 Å². The number of benzene rings is 1. The van der Waals surface area contributed by atoms with Crippen LogP contribution < -0.4 is 15.4 Å². The number of carbonyl (C=O) groups excluding carboxylic acids is 1. The molecular formula is C20H23F3N4O3S. The van der Waals surface area contributed by atoms with E-state index in [0.717, 1.165) is 18.4 Å². The van der Waals surface area contributed by atoms with Crippen LogP contribution in [0.15, 0.2) is 30.3 Å². The molecule has 11 heteroatoms. The first-order chi connectivity index (χ1) is 14.5. The molecule has 3 N–H and O–H groups in total. The van der Waals surface area contributed by atoms with Crippen LogP contribution in [0.2, 0.25) is 0 Å². The molecule has 0 bridgehead atoms. The van der Waals surface area contributed by atoms with Crippen LogP contribution in [0.1, 0.15) is 36.7 Å². The molecule has 0 saturated heterocycles. The minimum absolute atomic E-state index is 0.109. The van der Waals surface area contributed by atoms with E-state index in [1.807, 2.05) is 6.92 Å². The third-order valence-corrected chi connectivity index (χ3v) is 4.67. The largest absolute Gasteiger partial charge is 0.370 e. The molecule has 1 aromatic carbocycles. The van der Waals surface area contributed by atoms with Crippen LogP contribution in [-0.2, 0) is 21.5 Å². The third kappa shape index (κ3) is 6.99. The molecule has 1 amide bonds. The molecule has 168 valence electrons. The normalized spacial score (nSPS) is 12.6. The topological polar surface area (TPSA) is 100 Å². The van der Waals surface area contributed by atoms with E-state index >= 15 is 0 Å². The number of aromatic nitrogens is 1. The van der Waals surface area contributed by atoms with Crippen molar-refractivity contribution in [3.8, 4) is 0 Å². The number of hydrogen-bond donors (Lipinski definition) is 3. The van der Waals surface area contributed by atoms with E-state index in [0.29, 0.717) is 17.9 Å². The fourth-order valence-corrected chi connectivity index (χ4v) is 3.23. The molecule has 0 aliphatic rings. The van der Waals surface area contributed by atoms with Crippen molar-refractivity contribution in [3.05, 3.63) is 58.8 Å². The quantitative estimate of drug-likeness (QED) is 0.502. The van der Waals surface area contributed by atoms with Crippen molar-refractivity contribution in [2.75, 3.05) is 22.8 Å². The van der Waals surface area contributed by atoms with Crippen molar-refractivity contribution in [2.45, 2.75) is 26.6 Å². The molecule has 0 radical (unpaired) electrons. The van der Waals surface area contributed by atoms with Gasteiger partial charge in [0, 0.05) is 18.2 Å². The zero-order valence-corrected chi connectivity index (χ0v) is 18.0. The van der Waals surface area contributed by atoms with Crippen LogP contribution in [0.5, 0.6) is 0 Å². The van der Waals surface area contributed by atoms with Gasteiger partial charge in [0.2, 0.25) is 15.9 Å². The SMILES string of the molecule is CCNc1nc(CF)ccc1/C=C/C(=O)N[C@H](C)c1cc(F)c(NS(C)(=O)=O)c(F)c1. The molecule has 2 rings (SSSR count). The van der Waals surface area contributed by atoms with Crippen LogP contribution in [0, 0.1) is 11.6 Å². The molecule has 0 aliphatic carbocycles. The Morgan fingerprint density at radius 2 is 1.87 bits per heavy atom. The number of halogens is 3. The summed E-state index contributed by atoms with van der Waals surface area (Å²) in [6.45, 7) is 3.20. The van der Waals surface area contributed by atoms with Gasteiger partial charge in [0.05, 0.1) is 18.0 Å². The summed E-state index contributed by atoms with van der Waals surface area (Å²) < 4.78 is 65.3. The lowest BCUT2D eigenvalue weighted by atomic mass is 10.1. The van der Waals surface area contributed by atoms with Gasteiger partial charge in [-0.05, 0) is 49.8 Å². The van der Waals surface area contributed by atoms with Gasteiger partial charge in [0.15, 0.2) is 11.6 Å². The van der Waals surface area contributed by atoms with Gasteiger partial charge in [-0.2, -0.15) is 0 Å². The molecule has 0 aliphatic heterocycles. The number of hydrogen-bond acceptors (Lipinski definition) is 5. The molecule has 0 unspecified atom stereocenters. The number of amides is 1. The summed E-state index contributed by atoms with van der Waals surface area (Å²) in [6.07, 6.45) is 3.47. The lowest BCUT2D eigenvalue weighted by Crippen LogP contribution is -2.25. The predicted octanol–water partition coefficient (Wildman–Crippen LogP) is 3.52. The number of sulfonamides is 1. The van der Waals surface area contributed by atoms with Crippen molar-refractivity contribution in [2.24, 2.45) is 0 Å². The number of anilines is 2. The first-order valence-corrected chi connectivity index (χ1v) is 11.2. The van der Waals surface area contributed by atoms with Gasteiger partial charge in [-0.3, -0.25) is 9.52 Å². The molecular weight excluding hydrogens is 433 g/mol. The maximum Gasteiger partial charge on any atom is 0.244 e. The van der Waals surface area contributed by atoms with Gasteiger partial charge in [0.1, 0.15) is 18.2 Å². The molecule has 0 saturated carbocycles. The summed E-state index contributed by atoms with van der Waals surface area (Å²) in [5.74, 6) is -2.32. The first-order valence-electron chi connectivity index (χ1n) is 9.29. The maximum absolute atomic E-state index is 14.2. The number of nitrogens with one attached hydrogen (secondary N) is 3. The van der Waals surface area contributed by atoms with E-state index < -0.39 is 46.0 Å². The zero-order chi connectivity index (χ0) is 23.2. The van der Waals surface area contributed by atoms with Crippen LogP contribution in [-0.4, -0.2) is 32.1 Å². The Bertz CT molecular complexity index is 1070. The van der Waals surface area contributed by atoms with Crippen LogP contribution >= 0.6 is 0 Å². The van der Waals surface area contributed by atoms with E-state index in [4.69, 9.17) is 0 Å². The average Bonchev–Trinajstić information content (AvgIpc) is 2.69. The summed E-state index contributed by atoms with van der Waals surface area (Å²) in [5, 5.41) is 5.55. The lowest BCUT2D eigenvalue weighted by Gasteiger charge is -2.15. The van der Waals surface area contributed by atoms with Crippen molar-refractivity contribution in [1.29, 1.82) is 0 Å². The fourth-order valence-electron chi connectivity index (χ4n) is 2.66. The van der Waals surface area contributed by atoms with Gasteiger partial charge in [-0.1, -0.05) is 0 Å². The smallest absolute Gasteiger partial charge is 0.244 e. The number of carbonyl (C=O) groups is 1.